The lowest BCUT2D eigenvalue weighted by atomic mass is 9.94. The van der Waals surface area contributed by atoms with Crippen molar-refractivity contribution in [3.05, 3.63) is 59.9 Å². The third-order valence-electron chi connectivity index (χ3n) is 5.88. The van der Waals surface area contributed by atoms with Gasteiger partial charge < -0.3 is 10.2 Å². The number of rotatable bonds is 4. The molecule has 29 heavy (non-hydrogen) atoms. The zero-order valence-electron chi connectivity index (χ0n) is 16.6. The SMILES string of the molecule is CC1Cc2ccccc2N1C(=O)C1CCN(CC(=O)Nc2ccc(F)cc2)CC1. The van der Waals surface area contributed by atoms with Crippen molar-refractivity contribution in [2.75, 3.05) is 29.9 Å². The molecule has 4 rings (SSSR count). The number of para-hydroxylation sites is 1. The number of halogens is 1. The van der Waals surface area contributed by atoms with Crippen LogP contribution >= 0.6 is 0 Å². The van der Waals surface area contributed by atoms with Gasteiger partial charge >= 0.3 is 0 Å². The van der Waals surface area contributed by atoms with Crippen LogP contribution in [0.4, 0.5) is 15.8 Å². The van der Waals surface area contributed by atoms with E-state index in [9.17, 15) is 14.0 Å². The van der Waals surface area contributed by atoms with E-state index < -0.39 is 0 Å². The number of amides is 2. The molecular formula is C23H26FN3O2. The fraction of sp³-hybridized carbons (Fsp3) is 0.391. The Morgan fingerprint density at radius 3 is 2.48 bits per heavy atom. The highest BCUT2D eigenvalue weighted by molar-refractivity contribution is 5.97. The van der Waals surface area contributed by atoms with Gasteiger partial charge in [0.15, 0.2) is 0 Å². The second kappa shape index (κ2) is 8.33. The molecule has 1 unspecified atom stereocenters. The predicted octanol–water partition coefficient (Wildman–Crippen LogP) is 3.45. The summed E-state index contributed by atoms with van der Waals surface area (Å²) in [5.41, 5.74) is 2.87. The summed E-state index contributed by atoms with van der Waals surface area (Å²) in [5.74, 6) is -0.244. The van der Waals surface area contributed by atoms with Crippen molar-refractivity contribution in [2.45, 2.75) is 32.2 Å². The quantitative estimate of drug-likeness (QED) is 0.863. The van der Waals surface area contributed by atoms with E-state index in [-0.39, 0.29) is 36.1 Å². The van der Waals surface area contributed by atoms with Gasteiger partial charge in [0.2, 0.25) is 11.8 Å². The summed E-state index contributed by atoms with van der Waals surface area (Å²) in [6.45, 7) is 3.82. The molecule has 0 aromatic heterocycles. The molecule has 5 nitrogen and oxygen atoms in total. The molecule has 2 aliphatic heterocycles. The lowest BCUT2D eigenvalue weighted by Crippen LogP contribution is -2.46. The maximum absolute atomic E-state index is 13.2. The van der Waals surface area contributed by atoms with Crippen molar-refractivity contribution in [3.8, 4) is 0 Å². The van der Waals surface area contributed by atoms with Gasteiger partial charge in [-0.1, -0.05) is 18.2 Å². The van der Waals surface area contributed by atoms with Crippen LogP contribution in [0.15, 0.2) is 48.5 Å². The summed E-state index contributed by atoms with van der Waals surface area (Å²) in [7, 11) is 0. The van der Waals surface area contributed by atoms with Crippen LogP contribution in [0.25, 0.3) is 0 Å². The van der Waals surface area contributed by atoms with E-state index in [0.717, 1.165) is 38.0 Å². The van der Waals surface area contributed by atoms with Gasteiger partial charge in [0, 0.05) is 23.3 Å². The first-order valence-electron chi connectivity index (χ1n) is 10.2. The minimum atomic E-state index is -0.329. The fourth-order valence-electron chi connectivity index (χ4n) is 4.37. The third-order valence-corrected chi connectivity index (χ3v) is 5.88. The van der Waals surface area contributed by atoms with E-state index in [1.54, 1.807) is 12.1 Å². The first-order valence-corrected chi connectivity index (χ1v) is 10.2. The largest absolute Gasteiger partial charge is 0.325 e. The molecule has 2 aromatic carbocycles. The number of fused-ring (bicyclic) bond motifs is 1. The second-order valence-corrected chi connectivity index (χ2v) is 8.00. The van der Waals surface area contributed by atoms with E-state index in [2.05, 4.69) is 23.2 Å². The minimum Gasteiger partial charge on any atom is -0.325 e. The average molecular weight is 395 g/mol. The molecule has 1 N–H and O–H groups in total. The first kappa shape index (κ1) is 19.6. The lowest BCUT2D eigenvalue weighted by molar-refractivity contribution is -0.124. The van der Waals surface area contributed by atoms with E-state index >= 15 is 0 Å². The Balaban J connectivity index is 1.30. The van der Waals surface area contributed by atoms with Crippen molar-refractivity contribution < 1.29 is 14.0 Å². The Bertz CT molecular complexity index is 891. The van der Waals surface area contributed by atoms with Gasteiger partial charge in [0.1, 0.15) is 5.82 Å². The molecule has 2 aliphatic rings. The molecule has 2 aromatic rings. The number of benzene rings is 2. The smallest absolute Gasteiger partial charge is 0.238 e. The summed E-state index contributed by atoms with van der Waals surface area (Å²) >= 11 is 0. The highest BCUT2D eigenvalue weighted by Crippen LogP contribution is 2.34. The number of nitrogens with one attached hydrogen (secondary N) is 1. The molecule has 1 saturated heterocycles. The molecule has 1 atom stereocenters. The van der Waals surface area contributed by atoms with Crippen LogP contribution in [0.1, 0.15) is 25.3 Å². The molecule has 0 aliphatic carbocycles. The van der Waals surface area contributed by atoms with Gasteiger partial charge in [0.05, 0.1) is 6.54 Å². The minimum absolute atomic E-state index is 0.0000147. The molecule has 6 heteroatoms. The molecule has 0 saturated carbocycles. The van der Waals surface area contributed by atoms with E-state index in [1.165, 1.54) is 17.7 Å². The Kier molecular flexibility index (Phi) is 5.62. The van der Waals surface area contributed by atoms with Crippen LogP contribution in [0.3, 0.4) is 0 Å². The van der Waals surface area contributed by atoms with Crippen LogP contribution in [0.2, 0.25) is 0 Å². The van der Waals surface area contributed by atoms with Crippen molar-refractivity contribution in [3.63, 3.8) is 0 Å². The number of likely N-dealkylation sites (tertiary alicyclic amines) is 1. The van der Waals surface area contributed by atoms with Crippen LogP contribution in [-0.4, -0.2) is 42.4 Å². The summed E-state index contributed by atoms with van der Waals surface area (Å²) < 4.78 is 13.0. The zero-order chi connectivity index (χ0) is 20.4. The summed E-state index contributed by atoms with van der Waals surface area (Å²) in [6.07, 6.45) is 2.42. The van der Waals surface area contributed by atoms with Crippen molar-refractivity contribution in [1.82, 2.24) is 4.90 Å². The summed E-state index contributed by atoms with van der Waals surface area (Å²) in [5, 5.41) is 2.79. The average Bonchev–Trinajstić information content (AvgIpc) is 3.05. The van der Waals surface area contributed by atoms with Gasteiger partial charge in [-0.05, 0) is 75.2 Å². The van der Waals surface area contributed by atoms with Gasteiger partial charge in [0.25, 0.3) is 0 Å². The number of piperidine rings is 1. The van der Waals surface area contributed by atoms with Crippen LogP contribution < -0.4 is 10.2 Å². The number of carbonyl (C=O) groups is 2. The van der Waals surface area contributed by atoms with E-state index in [4.69, 9.17) is 0 Å². The Hall–Kier alpha value is -2.73. The van der Waals surface area contributed by atoms with Crippen LogP contribution in [-0.2, 0) is 16.0 Å². The summed E-state index contributed by atoms with van der Waals surface area (Å²) in [4.78, 5) is 29.5. The topological polar surface area (TPSA) is 52.7 Å². The molecule has 152 valence electrons. The van der Waals surface area contributed by atoms with Crippen molar-refractivity contribution >= 4 is 23.2 Å². The molecule has 1 fully saturated rings. The zero-order valence-corrected chi connectivity index (χ0v) is 16.6. The second-order valence-electron chi connectivity index (χ2n) is 8.00. The number of hydrogen-bond acceptors (Lipinski definition) is 3. The Labute approximate surface area is 170 Å². The van der Waals surface area contributed by atoms with Gasteiger partial charge in [-0.2, -0.15) is 0 Å². The van der Waals surface area contributed by atoms with Crippen molar-refractivity contribution in [2.24, 2.45) is 5.92 Å². The Morgan fingerprint density at radius 2 is 1.76 bits per heavy atom. The highest BCUT2D eigenvalue weighted by Gasteiger charge is 2.36. The standard InChI is InChI=1S/C23H26FN3O2/c1-16-14-18-4-2-3-5-21(18)27(16)23(29)17-10-12-26(13-11-17)15-22(28)25-20-8-6-19(24)7-9-20/h2-9,16-17H,10-15H2,1H3,(H,25,28). The first-order chi connectivity index (χ1) is 14.0. The third kappa shape index (κ3) is 4.32. The summed E-state index contributed by atoms with van der Waals surface area (Å²) in [6, 6.07) is 14.1. The molecule has 0 spiro atoms. The molecule has 0 radical (unpaired) electrons. The normalized spacial score (nSPS) is 19.8. The maximum Gasteiger partial charge on any atom is 0.238 e. The molecule has 0 bridgehead atoms. The number of hydrogen-bond donors (Lipinski definition) is 1. The van der Waals surface area contributed by atoms with E-state index in [1.807, 2.05) is 23.1 Å². The Morgan fingerprint density at radius 1 is 1.07 bits per heavy atom. The number of nitrogens with zero attached hydrogens (tertiary/aromatic N) is 2. The predicted molar refractivity (Wildman–Crippen MR) is 111 cm³/mol. The monoisotopic (exact) mass is 395 g/mol. The molecular weight excluding hydrogens is 369 g/mol. The van der Waals surface area contributed by atoms with Crippen LogP contribution in [0, 0.1) is 11.7 Å². The highest BCUT2D eigenvalue weighted by atomic mass is 19.1. The molecule has 2 heterocycles. The lowest BCUT2D eigenvalue weighted by Gasteiger charge is -2.34. The molecule has 2 amide bonds. The van der Waals surface area contributed by atoms with E-state index in [0.29, 0.717) is 5.69 Å². The van der Waals surface area contributed by atoms with Gasteiger partial charge in [-0.25, -0.2) is 4.39 Å². The maximum atomic E-state index is 13.2. The van der Waals surface area contributed by atoms with Crippen molar-refractivity contribution in [1.29, 1.82) is 0 Å². The number of anilines is 2. The fourth-order valence-corrected chi connectivity index (χ4v) is 4.37. The van der Waals surface area contributed by atoms with Crippen LogP contribution in [0.5, 0.6) is 0 Å². The van der Waals surface area contributed by atoms with Gasteiger partial charge in [-0.3, -0.25) is 14.5 Å². The van der Waals surface area contributed by atoms with Gasteiger partial charge in [-0.15, -0.1) is 0 Å². The number of carbonyl (C=O) groups excluding carboxylic acids is 2.